The number of imidazole rings is 1. The Hall–Kier alpha value is -1.20. The third-order valence-electron chi connectivity index (χ3n) is 1.18. The average Bonchev–Trinajstić information content (AvgIpc) is 2.53. The van der Waals surface area contributed by atoms with Gasteiger partial charge in [-0.2, -0.15) is 0 Å². The van der Waals surface area contributed by atoms with Crippen LogP contribution in [-0.2, 0) is 4.74 Å². The Morgan fingerprint density at radius 3 is 3.09 bits per heavy atom. The number of H-pyrrole nitrogens is 1. The molecule has 1 rings (SSSR count). The largest absolute Gasteiger partial charge is 0.362 e. The number of nitrogens with zero attached hydrogens (tertiary/aromatic N) is 1. The first-order valence-electron chi connectivity index (χ1n) is 3.00. The van der Waals surface area contributed by atoms with Crippen molar-refractivity contribution in [2.75, 3.05) is 7.11 Å². The molecule has 11 heavy (non-hydrogen) atoms. The molecule has 1 aromatic heterocycles. The van der Waals surface area contributed by atoms with Crippen molar-refractivity contribution >= 4 is 5.78 Å². The third kappa shape index (κ3) is 1.63. The molecule has 1 unspecified atom stereocenters. The molecule has 1 aromatic rings. The molecule has 5 heteroatoms. The van der Waals surface area contributed by atoms with Gasteiger partial charge in [0.25, 0.3) is 5.78 Å². The average molecular weight is 156 g/mol. The maximum absolute atomic E-state index is 11.0. The molecular weight excluding hydrogens is 148 g/mol. The van der Waals surface area contributed by atoms with Gasteiger partial charge in [-0.05, 0) is 0 Å². The van der Waals surface area contributed by atoms with Crippen LogP contribution in [0.3, 0.4) is 0 Å². The summed E-state index contributed by atoms with van der Waals surface area (Å²) < 4.78 is 4.38. The number of rotatable bonds is 3. The molecule has 5 nitrogen and oxygen atoms in total. The lowest BCUT2D eigenvalue weighted by molar-refractivity contribution is -0.0488. The Morgan fingerprint density at radius 1 is 1.91 bits per heavy atom. The molecule has 60 valence electrons. The fourth-order valence-electron chi connectivity index (χ4n) is 0.624. The van der Waals surface area contributed by atoms with Crippen LogP contribution in [0.25, 0.3) is 0 Å². The summed E-state index contributed by atoms with van der Waals surface area (Å²) >= 11 is 0. The van der Waals surface area contributed by atoms with Gasteiger partial charge in [-0.15, -0.1) is 0 Å². The van der Waals surface area contributed by atoms with Crippen LogP contribution in [0.15, 0.2) is 12.4 Å². The Balaban J connectivity index is 2.70. The van der Waals surface area contributed by atoms with E-state index in [1.807, 2.05) is 0 Å². The quantitative estimate of drug-likeness (QED) is 0.459. The third-order valence-corrected chi connectivity index (χ3v) is 1.18. The van der Waals surface area contributed by atoms with Gasteiger partial charge in [0.15, 0.2) is 5.82 Å². The first kappa shape index (κ1) is 7.90. The van der Waals surface area contributed by atoms with E-state index in [0.29, 0.717) is 0 Å². The second kappa shape index (κ2) is 3.27. The second-order valence-corrected chi connectivity index (χ2v) is 1.89. The summed E-state index contributed by atoms with van der Waals surface area (Å²) in [5.74, 6) is -0.475. The van der Waals surface area contributed by atoms with Crippen LogP contribution >= 0.6 is 0 Å². The monoisotopic (exact) mass is 156 g/mol. The molecule has 0 radical (unpaired) electrons. The molecule has 0 aliphatic carbocycles. The van der Waals surface area contributed by atoms with Gasteiger partial charge in [0.05, 0.1) is 0 Å². The van der Waals surface area contributed by atoms with Crippen molar-refractivity contribution in [2.24, 2.45) is 0 Å². The highest BCUT2D eigenvalue weighted by Gasteiger charge is 2.17. The number of aromatic amines is 1. The molecule has 0 fully saturated rings. The minimum Gasteiger partial charge on any atom is -0.362 e. The van der Waals surface area contributed by atoms with Crippen LogP contribution in [-0.4, -0.2) is 34.3 Å². The van der Waals surface area contributed by atoms with Crippen LogP contribution < -0.4 is 0 Å². The molecule has 0 spiro atoms. The SMILES string of the molecule is COC(O)C(=O)c1ncc[nH]1. The smallest absolute Gasteiger partial charge is 0.253 e. The lowest BCUT2D eigenvalue weighted by atomic mass is 10.4. The summed E-state index contributed by atoms with van der Waals surface area (Å²) in [7, 11) is 1.24. The first-order chi connectivity index (χ1) is 5.25. The molecule has 0 bridgehead atoms. The van der Waals surface area contributed by atoms with Crippen molar-refractivity contribution in [1.29, 1.82) is 0 Å². The number of carbonyl (C=O) groups excluding carboxylic acids is 1. The number of hydrogen-bond donors (Lipinski definition) is 2. The Labute approximate surface area is 63.0 Å². The number of aliphatic hydroxyl groups is 1. The van der Waals surface area contributed by atoms with Gasteiger partial charge in [0.1, 0.15) is 0 Å². The lowest BCUT2D eigenvalue weighted by Gasteiger charge is -2.03. The van der Waals surface area contributed by atoms with E-state index in [-0.39, 0.29) is 5.82 Å². The maximum atomic E-state index is 11.0. The maximum Gasteiger partial charge on any atom is 0.253 e. The summed E-state index contributed by atoms with van der Waals surface area (Å²) in [5.41, 5.74) is 0. The summed E-state index contributed by atoms with van der Waals surface area (Å²) in [6.45, 7) is 0. The van der Waals surface area contributed by atoms with Crippen LogP contribution in [0.1, 0.15) is 10.6 Å². The molecule has 0 saturated carbocycles. The van der Waals surface area contributed by atoms with E-state index >= 15 is 0 Å². The van der Waals surface area contributed by atoms with E-state index in [0.717, 1.165) is 0 Å². The van der Waals surface area contributed by atoms with Crippen LogP contribution in [0.2, 0.25) is 0 Å². The van der Waals surface area contributed by atoms with Crippen LogP contribution in [0, 0.1) is 0 Å². The van der Waals surface area contributed by atoms with Crippen LogP contribution in [0.4, 0.5) is 0 Å². The molecule has 0 aliphatic rings. The molecule has 0 aromatic carbocycles. The Morgan fingerprint density at radius 2 is 2.64 bits per heavy atom. The van der Waals surface area contributed by atoms with Crippen molar-refractivity contribution in [1.82, 2.24) is 9.97 Å². The topological polar surface area (TPSA) is 75.2 Å². The number of ketones is 1. The molecule has 1 atom stereocenters. The highest BCUT2D eigenvalue weighted by atomic mass is 16.6. The molecule has 0 amide bonds. The Bertz CT molecular complexity index is 232. The zero-order chi connectivity index (χ0) is 8.27. The standard InChI is InChI=1S/C6H8N2O3/c1-11-6(10)4(9)5-7-2-3-8-5/h2-3,6,10H,1H3,(H,7,8). The summed E-state index contributed by atoms with van der Waals surface area (Å²) in [6.07, 6.45) is 1.49. The highest BCUT2D eigenvalue weighted by Crippen LogP contribution is 1.96. The van der Waals surface area contributed by atoms with E-state index < -0.39 is 12.1 Å². The van der Waals surface area contributed by atoms with Crippen molar-refractivity contribution in [2.45, 2.75) is 6.29 Å². The molecule has 1 heterocycles. The van der Waals surface area contributed by atoms with Gasteiger partial charge in [0.2, 0.25) is 6.29 Å². The highest BCUT2D eigenvalue weighted by molar-refractivity contribution is 5.94. The van der Waals surface area contributed by atoms with Crippen molar-refractivity contribution in [3.05, 3.63) is 18.2 Å². The van der Waals surface area contributed by atoms with Gasteiger partial charge < -0.3 is 14.8 Å². The number of methoxy groups -OCH3 is 1. The second-order valence-electron chi connectivity index (χ2n) is 1.89. The minimum atomic E-state index is -1.43. The number of carbonyl (C=O) groups is 1. The predicted octanol–water partition coefficient (Wildman–Crippen LogP) is -0.443. The van der Waals surface area contributed by atoms with E-state index in [1.165, 1.54) is 19.5 Å². The van der Waals surface area contributed by atoms with Gasteiger partial charge in [-0.25, -0.2) is 4.98 Å². The fourth-order valence-corrected chi connectivity index (χ4v) is 0.624. The minimum absolute atomic E-state index is 0.0966. The van der Waals surface area contributed by atoms with Gasteiger partial charge in [-0.3, -0.25) is 4.79 Å². The van der Waals surface area contributed by atoms with Gasteiger partial charge in [-0.1, -0.05) is 0 Å². The van der Waals surface area contributed by atoms with Crippen LogP contribution in [0.5, 0.6) is 0 Å². The zero-order valence-corrected chi connectivity index (χ0v) is 5.94. The summed E-state index contributed by atoms with van der Waals surface area (Å²) in [5, 5.41) is 8.87. The number of ether oxygens (including phenoxy) is 1. The van der Waals surface area contributed by atoms with E-state index in [1.54, 1.807) is 0 Å². The number of nitrogens with one attached hydrogen (secondary N) is 1. The lowest BCUT2D eigenvalue weighted by Crippen LogP contribution is -2.23. The Kier molecular flexibility index (Phi) is 2.35. The summed E-state index contributed by atoms with van der Waals surface area (Å²) in [4.78, 5) is 17.2. The fraction of sp³-hybridized carbons (Fsp3) is 0.333. The number of aliphatic hydroxyl groups excluding tert-OH is 1. The number of hydrogen-bond acceptors (Lipinski definition) is 4. The molecule has 2 N–H and O–H groups in total. The summed E-state index contributed by atoms with van der Waals surface area (Å²) in [6, 6.07) is 0. The first-order valence-corrected chi connectivity index (χ1v) is 3.00. The molecule has 0 saturated heterocycles. The normalized spacial score (nSPS) is 12.9. The van der Waals surface area contributed by atoms with Crippen molar-refractivity contribution in [3.63, 3.8) is 0 Å². The number of aromatic nitrogens is 2. The van der Waals surface area contributed by atoms with Crippen molar-refractivity contribution < 1.29 is 14.6 Å². The van der Waals surface area contributed by atoms with E-state index in [4.69, 9.17) is 5.11 Å². The van der Waals surface area contributed by atoms with E-state index in [2.05, 4.69) is 14.7 Å². The molecule has 0 aliphatic heterocycles. The van der Waals surface area contributed by atoms with Crippen molar-refractivity contribution in [3.8, 4) is 0 Å². The zero-order valence-electron chi connectivity index (χ0n) is 5.94. The van der Waals surface area contributed by atoms with Gasteiger partial charge in [0, 0.05) is 19.5 Å². The van der Waals surface area contributed by atoms with E-state index in [9.17, 15) is 4.79 Å². The molecular formula is C6H8N2O3. The predicted molar refractivity (Wildman–Crippen MR) is 35.9 cm³/mol. The number of Topliss-reactive ketones (excluding diaryl/α,β-unsaturated/α-hetero) is 1. The van der Waals surface area contributed by atoms with Gasteiger partial charge >= 0.3 is 0 Å².